The summed E-state index contributed by atoms with van der Waals surface area (Å²) in [7, 11) is 0. The molecular formula is C12H10O2S. The Bertz CT molecular complexity index is 427. The highest BCUT2D eigenvalue weighted by molar-refractivity contribution is 7.99. The molecule has 1 aromatic rings. The number of ketones is 1. The molecule has 0 unspecified atom stereocenters. The van der Waals surface area contributed by atoms with Crippen LogP contribution in [0.3, 0.4) is 0 Å². The van der Waals surface area contributed by atoms with Gasteiger partial charge in [0.1, 0.15) is 6.10 Å². The van der Waals surface area contributed by atoms with E-state index >= 15 is 0 Å². The van der Waals surface area contributed by atoms with Crippen LogP contribution >= 0.6 is 11.8 Å². The van der Waals surface area contributed by atoms with Crippen LogP contribution in [-0.2, 0) is 9.53 Å². The molecule has 0 N–H and O–H groups in total. The standard InChI is InChI=1S/C12H10O2S/c13-10-6-7-11-12(10,14-11)8-15-9-4-2-1-3-5-9/h1-7,11H,8H2/t11-,12+/m1/s1. The molecule has 0 bridgehead atoms. The summed E-state index contributed by atoms with van der Waals surface area (Å²) in [6.07, 6.45) is 3.54. The Balaban J connectivity index is 1.67. The van der Waals surface area contributed by atoms with E-state index in [0.29, 0.717) is 5.75 Å². The predicted octanol–water partition coefficient (Wildman–Crippen LogP) is 2.06. The second kappa shape index (κ2) is 3.22. The van der Waals surface area contributed by atoms with Gasteiger partial charge in [0.2, 0.25) is 0 Å². The molecule has 1 aliphatic carbocycles. The van der Waals surface area contributed by atoms with E-state index in [1.807, 2.05) is 36.4 Å². The van der Waals surface area contributed by atoms with E-state index in [1.54, 1.807) is 17.8 Å². The fourth-order valence-electron chi connectivity index (χ4n) is 1.80. The summed E-state index contributed by atoms with van der Waals surface area (Å²) >= 11 is 1.68. The minimum absolute atomic E-state index is 0.0428. The Morgan fingerprint density at radius 2 is 2.13 bits per heavy atom. The molecule has 15 heavy (non-hydrogen) atoms. The van der Waals surface area contributed by atoms with Crippen LogP contribution in [0.5, 0.6) is 0 Å². The van der Waals surface area contributed by atoms with Crippen molar-refractivity contribution >= 4 is 17.5 Å². The highest BCUT2D eigenvalue weighted by Crippen LogP contribution is 2.46. The zero-order valence-electron chi connectivity index (χ0n) is 8.05. The number of hydrogen-bond donors (Lipinski definition) is 0. The molecule has 0 spiro atoms. The van der Waals surface area contributed by atoms with E-state index in [0.717, 1.165) is 0 Å². The van der Waals surface area contributed by atoms with Crippen LogP contribution in [0.4, 0.5) is 0 Å². The maximum atomic E-state index is 11.5. The Labute approximate surface area is 92.3 Å². The van der Waals surface area contributed by atoms with Crippen molar-refractivity contribution < 1.29 is 9.53 Å². The molecule has 1 aliphatic heterocycles. The first kappa shape index (κ1) is 9.19. The first-order valence-electron chi connectivity index (χ1n) is 4.90. The van der Waals surface area contributed by atoms with Gasteiger partial charge in [0, 0.05) is 10.6 Å². The highest BCUT2D eigenvalue weighted by Gasteiger charge is 2.62. The Hall–Kier alpha value is -1.06. The van der Waals surface area contributed by atoms with E-state index in [4.69, 9.17) is 4.74 Å². The van der Waals surface area contributed by atoms with Gasteiger partial charge in [0.05, 0.1) is 0 Å². The maximum absolute atomic E-state index is 11.5. The van der Waals surface area contributed by atoms with Gasteiger partial charge in [0.15, 0.2) is 11.4 Å². The minimum atomic E-state index is -0.513. The molecule has 1 fully saturated rings. The van der Waals surface area contributed by atoms with Gasteiger partial charge < -0.3 is 4.74 Å². The van der Waals surface area contributed by atoms with E-state index in [-0.39, 0.29) is 11.9 Å². The molecular weight excluding hydrogens is 208 g/mol. The Morgan fingerprint density at radius 1 is 1.33 bits per heavy atom. The van der Waals surface area contributed by atoms with E-state index < -0.39 is 5.60 Å². The summed E-state index contributed by atoms with van der Waals surface area (Å²) in [5, 5.41) is 0. The summed E-state index contributed by atoms with van der Waals surface area (Å²) in [5.74, 6) is 0.837. The molecule has 2 atom stereocenters. The van der Waals surface area contributed by atoms with Crippen LogP contribution in [0.2, 0.25) is 0 Å². The van der Waals surface area contributed by atoms with E-state index in [9.17, 15) is 4.79 Å². The molecule has 1 aromatic carbocycles. The molecule has 3 rings (SSSR count). The van der Waals surface area contributed by atoms with E-state index in [2.05, 4.69) is 0 Å². The van der Waals surface area contributed by atoms with Crippen LogP contribution in [0.15, 0.2) is 47.4 Å². The van der Waals surface area contributed by atoms with Crippen LogP contribution in [0.25, 0.3) is 0 Å². The smallest absolute Gasteiger partial charge is 0.191 e. The average molecular weight is 218 g/mol. The molecule has 0 radical (unpaired) electrons. The van der Waals surface area contributed by atoms with Crippen LogP contribution < -0.4 is 0 Å². The highest BCUT2D eigenvalue weighted by atomic mass is 32.2. The van der Waals surface area contributed by atoms with Gasteiger partial charge >= 0.3 is 0 Å². The summed E-state index contributed by atoms with van der Waals surface area (Å²) in [6, 6.07) is 10.1. The van der Waals surface area contributed by atoms with Crippen LogP contribution in [0, 0.1) is 0 Å². The van der Waals surface area contributed by atoms with Crippen molar-refractivity contribution in [1.82, 2.24) is 0 Å². The van der Waals surface area contributed by atoms with Gasteiger partial charge in [0.25, 0.3) is 0 Å². The summed E-state index contributed by atoms with van der Waals surface area (Å²) < 4.78 is 5.42. The van der Waals surface area contributed by atoms with Crippen molar-refractivity contribution in [1.29, 1.82) is 0 Å². The van der Waals surface area contributed by atoms with Gasteiger partial charge in [-0.3, -0.25) is 4.79 Å². The molecule has 0 saturated carbocycles. The molecule has 2 nitrogen and oxygen atoms in total. The molecule has 0 amide bonds. The third-order valence-corrected chi connectivity index (χ3v) is 3.95. The maximum Gasteiger partial charge on any atom is 0.191 e. The second-order valence-electron chi connectivity index (χ2n) is 3.75. The fraction of sp³-hybridized carbons (Fsp3) is 0.250. The first-order chi connectivity index (χ1) is 7.31. The van der Waals surface area contributed by atoms with E-state index in [1.165, 1.54) is 4.90 Å². The van der Waals surface area contributed by atoms with Crippen LogP contribution in [-0.4, -0.2) is 23.2 Å². The second-order valence-corrected chi connectivity index (χ2v) is 4.80. The monoisotopic (exact) mass is 218 g/mol. The number of epoxide rings is 1. The topological polar surface area (TPSA) is 29.6 Å². The Morgan fingerprint density at radius 3 is 2.73 bits per heavy atom. The lowest BCUT2D eigenvalue weighted by Crippen LogP contribution is -2.24. The zero-order valence-corrected chi connectivity index (χ0v) is 8.87. The number of thioether (sulfide) groups is 1. The third-order valence-electron chi connectivity index (χ3n) is 2.78. The van der Waals surface area contributed by atoms with Crippen molar-refractivity contribution in [3.05, 3.63) is 42.5 Å². The van der Waals surface area contributed by atoms with Gasteiger partial charge in [-0.15, -0.1) is 11.8 Å². The normalized spacial score (nSPS) is 31.7. The Kier molecular flexibility index (Phi) is 1.97. The van der Waals surface area contributed by atoms with Crippen molar-refractivity contribution in [2.75, 3.05) is 5.75 Å². The molecule has 3 heteroatoms. The average Bonchev–Trinajstić information content (AvgIpc) is 2.92. The number of ether oxygens (including phenoxy) is 1. The van der Waals surface area contributed by atoms with Gasteiger partial charge in [-0.1, -0.05) is 18.2 Å². The number of fused-ring (bicyclic) bond motifs is 1. The van der Waals surface area contributed by atoms with Gasteiger partial charge in [-0.05, 0) is 24.3 Å². The summed E-state index contributed by atoms with van der Waals surface area (Å²) in [6.45, 7) is 0. The van der Waals surface area contributed by atoms with Crippen molar-refractivity contribution in [2.45, 2.75) is 16.6 Å². The number of benzene rings is 1. The number of hydrogen-bond acceptors (Lipinski definition) is 3. The van der Waals surface area contributed by atoms with Gasteiger partial charge in [-0.25, -0.2) is 0 Å². The lowest BCUT2D eigenvalue weighted by molar-refractivity contribution is -0.118. The third kappa shape index (κ3) is 1.43. The largest absolute Gasteiger partial charge is 0.352 e. The molecule has 76 valence electrons. The predicted molar refractivity (Wildman–Crippen MR) is 58.9 cm³/mol. The molecule has 2 aliphatic rings. The fourth-order valence-corrected chi connectivity index (χ4v) is 2.90. The first-order valence-corrected chi connectivity index (χ1v) is 5.88. The lowest BCUT2D eigenvalue weighted by Gasteiger charge is -2.06. The van der Waals surface area contributed by atoms with Gasteiger partial charge in [-0.2, -0.15) is 0 Å². The number of carbonyl (C=O) groups is 1. The minimum Gasteiger partial charge on any atom is -0.352 e. The number of carbonyl (C=O) groups excluding carboxylic acids is 1. The van der Waals surface area contributed by atoms with Crippen molar-refractivity contribution in [3.8, 4) is 0 Å². The quantitative estimate of drug-likeness (QED) is 0.574. The SMILES string of the molecule is O=C1C=C[C@H]2O[C@@]12CSc1ccccc1. The summed E-state index contributed by atoms with van der Waals surface area (Å²) in [5.41, 5.74) is -0.513. The molecule has 0 aromatic heterocycles. The van der Waals surface area contributed by atoms with Crippen molar-refractivity contribution in [3.63, 3.8) is 0 Å². The zero-order chi connectivity index (χ0) is 10.3. The molecule has 1 heterocycles. The van der Waals surface area contributed by atoms with Crippen LogP contribution in [0.1, 0.15) is 0 Å². The van der Waals surface area contributed by atoms with Crippen molar-refractivity contribution in [2.24, 2.45) is 0 Å². The summed E-state index contributed by atoms with van der Waals surface area (Å²) in [4.78, 5) is 12.7. The number of rotatable bonds is 3. The lowest BCUT2D eigenvalue weighted by atomic mass is 10.1. The molecule has 1 saturated heterocycles.